The fourth-order valence-electron chi connectivity index (χ4n) is 2.76. The normalized spacial score (nSPS) is 15.1. The van der Waals surface area contributed by atoms with Gasteiger partial charge in [-0.3, -0.25) is 10.1 Å². The highest BCUT2D eigenvalue weighted by molar-refractivity contribution is 7.16. The Morgan fingerprint density at radius 3 is 2.90 bits per heavy atom. The van der Waals surface area contributed by atoms with Crippen LogP contribution < -0.4 is 4.90 Å². The van der Waals surface area contributed by atoms with Gasteiger partial charge >= 0.3 is 5.69 Å². The van der Waals surface area contributed by atoms with Crippen LogP contribution in [0.5, 0.6) is 0 Å². The van der Waals surface area contributed by atoms with Crippen LogP contribution in [0.4, 0.5) is 11.4 Å². The largest absolute Gasteiger partial charge is 0.396 e. The Balaban J connectivity index is 2.06. The van der Waals surface area contributed by atoms with Crippen molar-refractivity contribution in [3.63, 3.8) is 0 Å². The number of nitrogens with zero attached hydrogens (tertiary/aromatic N) is 3. The highest BCUT2D eigenvalue weighted by atomic mass is 32.1. The summed E-state index contributed by atoms with van der Waals surface area (Å²) in [4.78, 5) is 17.5. The molecular weight excluding hydrogens is 290 g/mol. The minimum Gasteiger partial charge on any atom is -0.396 e. The first-order chi connectivity index (χ1) is 10.2. The maximum Gasteiger partial charge on any atom is 0.319 e. The van der Waals surface area contributed by atoms with Crippen LogP contribution in [0.15, 0.2) is 17.6 Å². The Kier molecular flexibility index (Phi) is 4.03. The maximum atomic E-state index is 11.5. The number of hydrogen-bond acceptors (Lipinski definition) is 6. The molecule has 1 N–H and O–H groups in total. The predicted octanol–water partition coefficient (Wildman–Crippen LogP) is 2.95. The minimum absolute atomic E-state index is 0.0932. The molecule has 21 heavy (non-hydrogen) atoms. The van der Waals surface area contributed by atoms with Gasteiger partial charge in [0.15, 0.2) is 5.52 Å². The van der Waals surface area contributed by atoms with E-state index in [0.717, 1.165) is 24.0 Å². The number of nitro benzene ring substituents is 1. The third kappa shape index (κ3) is 2.58. The molecule has 0 radical (unpaired) electrons. The third-order valence-electron chi connectivity index (χ3n) is 4.02. The molecule has 0 saturated heterocycles. The van der Waals surface area contributed by atoms with Crippen LogP contribution in [-0.4, -0.2) is 34.2 Å². The molecule has 3 rings (SSSR count). The molecule has 0 bridgehead atoms. The van der Waals surface area contributed by atoms with Crippen molar-refractivity contribution in [3.8, 4) is 0 Å². The van der Waals surface area contributed by atoms with Crippen LogP contribution >= 0.6 is 11.3 Å². The highest BCUT2D eigenvalue weighted by Crippen LogP contribution is 2.40. The average Bonchev–Trinajstić information content (AvgIpc) is 2.88. The number of nitro groups is 1. The van der Waals surface area contributed by atoms with Gasteiger partial charge in [0, 0.05) is 19.2 Å². The Bertz CT molecular complexity index is 654. The van der Waals surface area contributed by atoms with Gasteiger partial charge in [0.2, 0.25) is 0 Å². The van der Waals surface area contributed by atoms with Crippen LogP contribution in [0.25, 0.3) is 10.2 Å². The molecule has 112 valence electrons. The summed E-state index contributed by atoms with van der Waals surface area (Å²) in [5.74, 6) is 0. The second-order valence-electron chi connectivity index (χ2n) is 5.24. The molecular formula is C14H17N3O3S. The summed E-state index contributed by atoms with van der Waals surface area (Å²) in [5, 5.41) is 20.6. The van der Waals surface area contributed by atoms with E-state index >= 15 is 0 Å². The van der Waals surface area contributed by atoms with Crippen LogP contribution in [0.1, 0.15) is 25.7 Å². The van der Waals surface area contributed by atoms with Crippen LogP contribution in [0.3, 0.4) is 0 Å². The van der Waals surface area contributed by atoms with E-state index in [1.54, 1.807) is 5.51 Å². The zero-order chi connectivity index (χ0) is 14.8. The lowest BCUT2D eigenvalue weighted by atomic mass is 9.90. The number of aliphatic hydroxyl groups excluding tert-OH is 1. The van der Waals surface area contributed by atoms with E-state index in [4.69, 9.17) is 5.11 Å². The number of hydrogen-bond donors (Lipinski definition) is 1. The lowest BCUT2D eigenvalue weighted by Gasteiger charge is -2.38. The number of aliphatic hydroxyl groups is 1. The van der Waals surface area contributed by atoms with Gasteiger partial charge in [-0.15, -0.1) is 11.3 Å². The summed E-state index contributed by atoms with van der Waals surface area (Å²) < 4.78 is 0.834. The van der Waals surface area contributed by atoms with Crippen LogP contribution in [0, 0.1) is 10.1 Å². The lowest BCUT2D eigenvalue weighted by molar-refractivity contribution is -0.382. The van der Waals surface area contributed by atoms with E-state index in [-0.39, 0.29) is 17.2 Å². The molecule has 1 aromatic carbocycles. The van der Waals surface area contributed by atoms with E-state index < -0.39 is 0 Å². The molecule has 1 aliphatic carbocycles. The van der Waals surface area contributed by atoms with Gasteiger partial charge in [-0.1, -0.05) is 0 Å². The Morgan fingerprint density at radius 1 is 1.48 bits per heavy atom. The van der Waals surface area contributed by atoms with Crippen molar-refractivity contribution in [1.82, 2.24) is 4.98 Å². The van der Waals surface area contributed by atoms with Gasteiger partial charge in [-0.05, 0) is 37.8 Å². The fourth-order valence-corrected chi connectivity index (χ4v) is 3.44. The summed E-state index contributed by atoms with van der Waals surface area (Å²) in [7, 11) is 0. The summed E-state index contributed by atoms with van der Waals surface area (Å²) >= 11 is 1.41. The minimum atomic E-state index is -0.331. The van der Waals surface area contributed by atoms with E-state index in [9.17, 15) is 10.1 Å². The monoisotopic (exact) mass is 307 g/mol. The van der Waals surface area contributed by atoms with Crippen molar-refractivity contribution in [1.29, 1.82) is 0 Å². The van der Waals surface area contributed by atoms with Gasteiger partial charge in [0.1, 0.15) is 5.69 Å². The first kappa shape index (κ1) is 14.2. The third-order valence-corrected chi connectivity index (χ3v) is 4.81. The molecule has 1 fully saturated rings. The van der Waals surface area contributed by atoms with Gasteiger partial charge in [-0.2, -0.15) is 0 Å². The smallest absolute Gasteiger partial charge is 0.319 e. The number of aromatic nitrogens is 1. The van der Waals surface area contributed by atoms with Crippen LogP contribution in [-0.2, 0) is 0 Å². The summed E-state index contributed by atoms with van der Waals surface area (Å²) in [6.07, 6.45) is 3.88. The van der Waals surface area contributed by atoms with Crippen molar-refractivity contribution in [2.45, 2.75) is 31.7 Å². The van der Waals surface area contributed by atoms with E-state index in [1.807, 2.05) is 12.1 Å². The molecule has 7 heteroatoms. The zero-order valence-electron chi connectivity index (χ0n) is 11.6. The standard InChI is InChI=1S/C14H17N3O3S/c18-8-2-7-16(10-3-1-4-10)11-5-6-12-13(15-9-21-12)14(11)17(19)20/h5-6,9-10,18H,1-4,7-8H2. The van der Waals surface area contributed by atoms with E-state index in [1.165, 1.54) is 11.3 Å². The number of anilines is 1. The highest BCUT2D eigenvalue weighted by Gasteiger charge is 2.31. The van der Waals surface area contributed by atoms with Gasteiger partial charge in [-0.25, -0.2) is 4.98 Å². The first-order valence-electron chi connectivity index (χ1n) is 7.10. The van der Waals surface area contributed by atoms with E-state index in [2.05, 4.69) is 9.88 Å². The number of benzene rings is 1. The molecule has 6 nitrogen and oxygen atoms in total. The van der Waals surface area contributed by atoms with Crippen molar-refractivity contribution in [2.75, 3.05) is 18.1 Å². The molecule has 1 aromatic heterocycles. The number of fused-ring (bicyclic) bond motifs is 1. The van der Waals surface area contributed by atoms with Crippen molar-refractivity contribution in [2.24, 2.45) is 0 Å². The molecule has 0 aliphatic heterocycles. The Hall–Kier alpha value is -1.73. The molecule has 0 spiro atoms. The Labute approximate surface area is 126 Å². The van der Waals surface area contributed by atoms with Gasteiger partial charge in [0.05, 0.1) is 15.1 Å². The number of thiazole rings is 1. The average molecular weight is 307 g/mol. The summed E-state index contributed by atoms with van der Waals surface area (Å²) in [6.45, 7) is 0.730. The molecule has 0 atom stereocenters. The quantitative estimate of drug-likeness (QED) is 0.655. The molecule has 1 heterocycles. The second kappa shape index (κ2) is 5.95. The van der Waals surface area contributed by atoms with Crippen molar-refractivity contribution < 1.29 is 10.0 Å². The van der Waals surface area contributed by atoms with E-state index in [0.29, 0.717) is 30.2 Å². The molecule has 2 aromatic rings. The van der Waals surface area contributed by atoms with Crippen molar-refractivity contribution in [3.05, 3.63) is 27.8 Å². The second-order valence-corrected chi connectivity index (χ2v) is 6.13. The fraction of sp³-hybridized carbons (Fsp3) is 0.500. The molecule has 1 saturated carbocycles. The van der Waals surface area contributed by atoms with Crippen molar-refractivity contribution >= 4 is 32.9 Å². The molecule has 1 aliphatic rings. The van der Waals surface area contributed by atoms with Gasteiger partial charge < -0.3 is 10.0 Å². The predicted molar refractivity (Wildman–Crippen MR) is 83.0 cm³/mol. The molecule has 0 amide bonds. The Morgan fingerprint density at radius 2 is 2.29 bits per heavy atom. The zero-order valence-corrected chi connectivity index (χ0v) is 12.4. The maximum absolute atomic E-state index is 11.5. The lowest BCUT2D eigenvalue weighted by Crippen LogP contribution is -2.41. The molecule has 0 unspecified atom stereocenters. The summed E-state index contributed by atoms with van der Waals surface area (Å²) in [6, 6.07) is 4.07. The van der Waals surface area contributed by atoms with Gasteiger partial charge in [0.25, 0.3) is 0 Å². The first-order valence-corrected chi connectivity index (χ1v) is 7.98. The summed E-state index contributed by atoms with van der Waals surface area (Å²) in [5.41, 5.74) is 2.84. The topological polar surface area (TPSA) is 79.5 Å². The van der Waals surface area contributed by atoms with Crippen LogP contribution in [0.2, 0.25) is 0 Å². The number of rotatable bonds is 6. The SMILES string of the molecule is O=[N+]([O-])c1c(N(CCCO)C2CCC2)ccc2scnc12.